The van der Waals surface area contributed by atoms with Crippen molar-refractivity contribution in [1.29, 1.82) is 0 Å². The molecule has 0 atom stereocenters. The molecule has 6 nitrogen and oxygen atoms in total. The quantitative estimate of drug-likeness (QED) is 0.131. The second kappa shape index (κ2) is 27.7. The molecule has 0 spiro atoms. The average Bonchev–Trinajstić information content (AvgIpc) is 1.65. The number of aromatic nitrogens is 2. The highest BCUT2D eigenvalue weighted by Gasteiger charge is 2.45. The van der Waals surface area contributed by atoms with Crippen LogP contribution in [0.15, 0.2) is 397 Å². The van der Waals surface area contributed by atoms with E-state index in [1.807, 2.05) is 146 Å². The van der Waals surface area contributed by atoms with Crippen LogP contribution in [0.25, 0.3) is 188 Å². The molecule has 24 rings (SSSR count). The Balaban J connectivity index is 0.872. The zero-order valence-corrected chi connectivity index (χ0v) is 67.9. The molecule has 582 valence electrons. The number of nitrogens with zero attached hydrogens (tertiary/aromatic N) is 3. The van der Waals surface area contributed by atoms with Crippen LogP contribution in [0, 0.1) is 0 Å². The molecule has 1 N–H and O–H groups in total. The molecular formula is C116H83BN4O2. The van der Waals surface area contributed by atoms with Crippen molar-refractivity contribution in [1.82, 2.24) is 9.13 Å². The largest absolute Gasteiger partial charge is 0.455 e. The summed E-state index contributed by atoms with van der Waals surface area (Å²) >= 11 is 0. The van der Waals surface area contributed by atoms with Crippen LogP contribution in [0.1, 0.15) is 74.6 Å². The Kier molecular flexibility index (Phi) is 12.9. The third kappa shape index (κ3) is 11.5. The van der Waals surface area contributed by atoms with Crippen LogP contribution in [-0.2, 0) is 10.8 Å². The van der Waals surface area contributed by atoms with Crippen LogP contribution >= 0.6 is 0 Å². The molecule has 6 heterocycles. The fraction of sp³-hybridized carbons (Fsp3) is 0.0690. The number of nitrogens with one attached hydrogen (secondary N) is 1. The van der Waals surface area contributed by atoms with Crippen LogP contribution in [0.3, 0.4) is 0 Å². The van der Waals surface area contributed by atoms with Crippen molar-refractivity contribution in [2.75, 3.05) is 10.2 Å². The number of fused-ring (bicyclic) bond motifs is 16. The molecule has 7 heteroatoms. The van der Waals surface area contributed by atoms with E-state index in [0.29, 0.717) is 78.2 Å². The van der Waals surface area contributed by atoms with Crippen molar-refractivity contribution in [3.05, 3.63) is 399 Å². The van der Waals surface area contributed by atoms with Crippen LogP contribution < -0.4 is 26.6 Å². The summed E-state index contributed by atoms with van der Waals surface area (Å²) in [6.07, 6.45) is 0. The van der Waals surface area contributed by atoms with Crippen molar-refractivity contribution in [2.24, 2.45) is 0 Å². The molecule has 4 aromatic heterocycles. The number of rotatable bonds is 11. The molecule has 18 aromatic carbocycles. The fourth-order valence-electron chi connectivity index (χ4n) is 19.1. The Morgan fingerprint density at radius 3 is 1.15 bits per heavy atom. The first-order chi connectivity index (χ1) is 66.9. The van der Waals surface area contributed by atoms with Gasteiger partial charge in [-0.05, 0) is 196 Å². The predicted molar refractivity (Wildman–Crippen MR) is 520 cm³/mol. The van der Waals surface area contributed by atoms with Gasteiger partial charge in [-0.15, -0.1) is 0 Å². The van der Waals surface area contributed by atoms with Crippen LogP contribution in [0.2, 0.25) is 0 Å². The summed E-state index contributed by atoms with van der Waals surface area (Å²) in [6, 6.07) is 90.2. The van der Waals surface area contributed by atoms with E-state index in [1.165, 1.54) is 4.57 Å². The van der Waals surface area contributed by atoms with Gasteiger partial charge in [-0.2, -0.15) is 0 Å². The number of hydrogen-bond acceptors (Lipinski definition) is 4. The maximum Gasteiger partial charge on any atom is 0.252 e. The van der Waals surface area contributed by atoms with Crippen molar-refractivity contribution >= 4 is 139 Å². The van der Waals surface area contributed by atoms with E-state index in [2.05, 4.69) is 197 Å². The van der Waals surface area contributed by atoms with Crippen molar-refractivity contribution in [2.45, 2.75) is 52.4 Å². The number of hydrogen-bond donors (Lipinski definition) is 1. The third-order valence-electron chi connectivity index (χ3n) is 25.1. The maximum absolute atomic E-state index is 10.5. The molecule has 0 unspecified atom stereocenters. The molecule has 22 aromatic rings. The summed E-state index contributed by atoms with van der Waals surface area (Å²) in [5.74, 6) is 0. The Morgan fingerprint density at radius 2 is 0.683 bits per heavy atom. The number of anilines is 5. The summed E-state index contributed by atoms with van der Waals surface area (Å²) in [6.45, 7) is 12.4. The Morgan fingerprint density at radius 1 is 0.285 bits per heavy atom. The summed E-state index contributed by atoms with van der Waals surface area (Å²) in [5.41, 5.74) is 21.7. The molecule has 0 saturated carbocycles. The molecule has 0 aliphatic carbocycles. The lowest BCUT2D eigenvalue weighted by molar-refractivity contribution is 0.569. The van der Waals surface area contributed by atoms with Gasteiger partial charge in [0.15, 0.2) is 5.58 Å². The van der Waals surface area contributed by atoms with E-state index >= 15 is 0 Å². The summed E-state index contributed by atoms with van der Waals surface area (Å²) < 4.78 is 174. The number of benzene rings is 18. The first-order valence-electron chi connectivity index (χ1n) is 49.6. The summed E-state index contributed by atoms with van der Waals surface area (Å²) in [5, 5.41) is 6.49. The van der Waals surface area contributed by atoms with Crippen molar-refractivity contribution < 1.29 is 30.8 Å². The SMILES string of the molecule is [2H]c1c([2H])c([2H])c2c(c1[2H])c1c([2H])c([2H])c([2H])c([2H])c1n2-c1ccc2c(c1)Nc1c3c(cc(-n4c5c([2H])c([2H])c([2H])c([2H])c5c5c([2H])c([2H])c([2H])c([2H])c54)c1-c1cccc4c1oc1c(-c5cc(-c6ccccc6)cc(-c6ccccc6)c5)cccc14)N(c1cccc4c1oc1c(-c5cc(-c6ccccc6)cc(-c6ccccc6)c5)cccc14)c1cc(-c4cc(C(C)(C)C)cc(C(C)(C)C)c4)ccc1B23. The molecule has 0 saturated heterocycles. The Bertz CT molecular complexity index is 8850. The van der Waals surface area contributed by atoms with E-state index in [4.69, 9.17) is 11.6 Å². The highest BCUT2D eigenvalue weighted by atomic mass is 16.3. The zero-order chi connectivity index (χ0) is 96.0. The van der Waals surface area contributed by atoms with Gasteiger partial charge in [-0.1, -0.05) is 339 Å². The zero-order valence-electron chi connectivity index (χ0n) is 83.9. The van der Waals surface area contributed by atoms with Gasteiger partial charge in [0, 0.05) is 93.8 Å². The van der Waals surface area contributed by atoms with Gasteiger partial charge >= 0.3 is 0 Å². The van der Waals surface area contributed by atoms with Gasteiger partial charge in [0.25, 0.3) is 6.71 Å². The molecule has 0 fully saturated rings. The normalized spacial score (nSPS) is 14.5. The highest BCUT2D eigenvalue weighted by molar-refractivity contribution is 7.00. The number of furan rings is 2. The van der Waals surface area contributed by atoms with Gasteiger partial charge in [-0.25, -0.2) is 0 Å². The van der Waals surface area contributed by atoms with Gasteiger partial charge in [0.05, 0.1) is 55.4 Å². The molecule has 0 bridgehead atoms. The smallest absolute Gasteiger partial charge is 0.252 e. The Labute approximate surface area is 737 Å². The third-order valence-corrected chi connectivity index (χ3v) is 25.1. The van der Waals surface area contributed by atoms with E-state index in [9.17, 15) is 19.2 Å². The number of para-hydroxylation sites is 8. The molecule has 2 aliphatic heterocycles. The summed E-state index contributed by atoms with van der Waals surface area (Å²) in [4.78, 5) is 2.20. The lowest BCUT2D eigenvalue weighted by Crippen LogP contribution is -2.60. The monoisotopic (exact) mass is 1590 g/mol. The van der Waals surface area contributed by atoms with Crippen LogP contribution in [0.5, 0.6) is 0 Å². The predicted octanol–water partition coefficient (Wildman–Crippen LogP) is 30.0. The minimum absolute atomic E-state index is 0.102. The second-order valence-corrected chi connectivity index (χ2v) is 34.3. The molecule has 2 aliphatic rings. The van der Waals surface area contributed by atoms with Gasteiger partial charge in [0.2, 0.25) is 0 Å². The lowest BCUT2D eigenvalue weighted by Gasteiger charge is -2.42. The van der Waals surface area contributed by atoms with E-state index in [-0.39, 0.29) is 65.8 Å². The van der Waals surface area contributed by atoms with Crippen LogP contribution in [0.4, 0.5) is 28.4 Å². The van der Waals surface area contributed by atoms with E-state index in [1.54, 1.807) is 4.57 Å². The molecule has 0 radical (unpaired) electrons. The minimum Gasteiger partial charge on any atom is -0.455 e. The summed E-state index contributed by atoms with van der Waals surface area (Å²) in [7, 11) is 0. The Hall–Kier alpha value is -15.2. The van der Waals surface area contributed by atoms with Crippen molar-refractivity contribution in [3.63, 3.8) is 0 Å². The van der Waals surface area contributed by atoms with Crippen molar-refractivity contribution in [3.8, 4) is 100 Å². The first kappa shape index (κ1) is 57.1. The second-order valence-electron chi connectivity index (χ2n) is 34.3. The average molecular weight is 1590 g/mol. The minimum atomic E-state index is -0.857. The standard InChI is InChI=1S/C116H83BN4O2/c1-115(2,3)83-65-80(66-84(68-83)116(4,5)6)75-55-57-98-105(67-75)121(104-54-30-48-95-94-46-28-44-87(112(94)123-114(95)104)82-63-78(73-35-15-9-16-36-73)60-79(64-82)74-37-17-10-18-38-74)107-70-106(120-102-52-25-21-41-90(102)91-42-22-26-53-103(91)120)108(110-109(107)117(98)97-58-56-85(69-99(97)118-110)119-100-50-23-19-39-88(100)89-40-20-24-51-101(89)119)96-49-29-47-93-92-45-27-43-86(111(92)122-113(93)96)81-61-76(71-31-11-7-12-32-71)59-77(62-81)72-33-13-8-14-34-72/h7-70,118H,1-6H3/i19D,20D,21D,22D,23D,24D,25D,26D,39D,40D,41D,42D,50D,51D,52D,53D. The highest BCUT2D eigenvalue weighted by Crippen LogP contribution is 2.54. The van der Waals surface area contributed by atoms with Gasteiger partial charge in [-0.3, -0.25) is 0 Å². The molecular weight excluding hydrogens is 1490 g/mol. The topological polar surface area (TPSA) is 51.4 Å². The molecule has 123 heavy (non-hydrogen) atoms. The van der Waals surface area contributed by atoms with Gasteiger partial charge in [0.1, 0.15) is 16.7 Å². The van der Waals surface area contributed by atoms with Gasteiger partial charge < -0.3 is 28.2 Å². The maximum atomic E-state index is 10.5. The molecule has 0 amide bonds. The van der Waals surface area contributed by atoms with Crippen LogP contribution in [-0.4, -0.2) is 15.8 Å². The van der Waals surface area contributed by atoms with E-state index in [0.717, 1.165) is 111 Å². The van der Waals surface area contributed by atoms with E-state index < -0.39 is 103 Å². The first-order valence-corrected chi connectivity index (χ1v) is 41.6. The lowest BCUT2D eigenvalue weighted by atomic mass is 9.33. The fourth-order valence-corrected chi connectivity index (χ4v) is 19.1.